The van der Waals surface area contributed by atoms with Gasteiger partial charge in [0.05, 0.1) is 5.69 Å². The first-order valence-electron chi connectivity index (χ1n) is 4.12. The number of rotatable bonds is 4. The van der Waals surface area contributed by atoms with Gasteiger partial charge in [-0.15, -0.1) is 0 Å². The topological polar surface area (TPSA) is 130 Å². The molecule has 0 radical (unpaired) electrons. The van der Waals surface area contributed by atoms with Crippen molar-refractivity contribution >= 4 is 17.6 Å². The van der Waals surface area contributed by atoms with E-state index in [4.69, 9.17) is 20.7 Å². The number of aromatic hydroxyl groups is 1. The van der Waals surface area contributed by atoms with E-state index in [2.05, 4.69) is 0 Å². The molecular formula is C9H9NO6. The zero-order valence-corrected chi connectivity index (χ0v) is 8.01. The molecule has 0 saturated heterocycles. The fourth-order valence-corrected chi connectivity index (χ4v) is 1.02. The van der Waals surface area contributed by atoms with Crippen molar-refractivity contribution in [2.75, 3.05) is 12.3 Å². The highest BCUT2D eigenvalue weighted by Crippen LogP contribution is 2.30. The zero-order chi connectivity index (χ0) is 12.3. The van der Waals surface area contributed by atoms with Gasteiger partial charge in [-0.25, -0.2) is 9.59 Å². The predicted octanol–water partition coefficient (Wildman–Crippen LogP) is 0.136. The summed E-state index contributed by atoms with van der Waals surface area (Å²) in [5, 5.41) is 26.3. The Balaban J connectivity index is 3.01. The summed E-state index contributed by atoms with van der Waals surface area (Å²) in [6.45, 7) is -0.629. The van der Waals surface area contributed by atoms with Crippen LogP contribution in [0.15, 0.2) is 12.1 Å². The van der Waals surface area contributed by atoms with Gasteiger partial charge in [0.15, 0.2) is 6.61 Å². The highest BCUT2D eigenvalue weighted by Gasteiger charge is 2.14. The second-order valence-electron chi connectivity index (χ2n) is 2.89. The van der Waals surface area contributed by atoms with E-state index in [1.54, 1.807) is 0 Å². The SMILES string of the molecule is Nc1cc(C(=O)O)c(O)cc1OCC(=O)O. The van der Waals surface area contributed by atoms with Crippen LogP contribution in [0.3, 0.4) is 0 Å². The minimum Gasteiger partial charge on any atom is -0.507 e. The number of hydrogen-bond donors (Lipinski definition) is 4. The van der Waals surface area contributed by atoms with E-state index < -0.39 is 24.3 Å². The Hall–Kier alpha value is -2.44. The normalized spacial score (nSPS) is 9.75. The van der Waals surface area contributed by atoms with Gasteiger partial charge in [-0.1, -0.05) is 0 Å². The average Bonchev–Trinajstić information content (AvgIpc) is 2.18. The summed E-state index contributed by atoms with van der Waals surface area (Å²) >= 11 is 0. The third kappa shape index (κ3) is 2.53. The number of phenols is 1. The van der Waals surface area contributed by atoms with Gasteiger partial charge in [0.1, 0.15) is 17.1 Å². The molecule has 0 aliphatic carbocycles. The summed E-state index contributed by atoms with van der Waals surface area (Å²) in [7, 11) is 0. The van der Waals surface area contributed by atoms with Gasteiger partial charge in [-0.05, 0) is 6.07 Å². The maximum atomic E-state index is 10.6. The smallest absolute Gasteiger partial charge is 0.341 e. The first-order chi connectivity index (χ1) is 7.41. The van der Waals surface area contributed by atoms with Crippen LogP contribution in [0.1, 0.15) is 10.4 Å². The van der Waals surface area contributed by atoms with E-state index >= 15 is 0 Å². The summed E-state index contributed by atoms with van der Waals surface area (Å²) < 4.78 is 4.74. The van der Waals surface area contributed by atoms with Crippen LogP contribution in [0, 0.1) is 0 Å². The summed E-state index contributed by atoms with van der Waals surface area (Å²) in [5.41, 5.74) is 4.99. The van der Waals surface area contributed by atoms with Gasteiger partial charge in [0.2, 0.25) is 0 Å². The number of carboxylic acids is 2. The first-order valence-corrected chi connectivity index (χ1v) is 4.12. The van der Waals surface area contributed by atoms with Crippen LogP contribution in [0.25, 0.3) is 0 Å². The Kier molecular flexibility index (Phi) is 3.19. The Bertz CT molecular complexity index is 442. The summed E-state index contributed by atoms with van der Waals surface area (Å²) in [5.74, 6) is -3.16. The number of aliphatic carboxylic acids is 1. The van der Waals surface area contributed by atoms with Crippen molar-refractivity contribution in [2.24, 2.45) is 0 Å². The number of benzene rings is 1. The Morgan fingerprint density at radius 1 is 1.31 bits per heavy atom. The molecule has 0 spiro atoms. The molecule has 0 fully saturated rings. The minimum atomic E-state index is -1.34. The van der Waals surface area contributed by atoms with Gasteiger partial charge >= 0.3 is 11.9 Å². The number of hydrogen-bond acceptors (Lipinski definition) is 5. The molecule has 5 N–H and O–H groups in total. The molecule has 0 unspecified atom stereocenters. The Morgan fingerprint density at radius 3 is 2.44 bits per heavy atom. The summed E-state index contributed by atoms with van der Waals surface area (Å²) in [4.78, 5) is 20.8. The van der Waals surface area contributed by atoms with Crippen molar-refractivity contribution in [3.8, 4) is 11.5 Å². The molecule has 16 heavy (non-hydrogen) atoms. The zero-order valence-electron chi connectivity index (χ0n) is 8.01. The van der Waals surface area contributed by atoms with Crippen molar-refractivity contribution in [1.29, 1.82) is 0 Å². The second-order valence-corrected chi connectivity index (χ2v) is 2.89. The summed E-state index contributed by atoms with van der Waals surface area (Å²) in [6, 6.07) is 1.95. The van der Waals surface area contributed by atoms with Crippen LogP contribution in [-0.2, 0) is 4.79 Å². The van der Waals surface area contributed by atoms with Crippen LogP contribution in [0.4, 0.5) is 5.69 Å². The maximum absolute atomic E-state index is 10.6. The largest absolute Gasteiger partial charge is 0.507 e. The van der Waals surface area contributed by atoms with Crippen molar-refractivity contribution in [1.82, 2.24) is 0 Å². The van der Waals surface area contributed by atoms with Crippen LogP contribution in [0.5, 0.6) is 11.5 Å². The van der Waals surface area contributed by atoms with E-state index in [1.807, 2.05) is 0 Å². The number of carbonyl (C=O) groups is 2. The fourth-order valence-electron chi connectivity index (χ4n) is 1.02. The number of aromatic carboxylic acids is 1. The standard InChI is InChI=1S/C9H9NO6/c10-5-1-4(9(14)15)6(11)2-7(5)16-3-8(12)13/h1-2,11H,3,10H2,(H,12,13)(H,14,15). The van der Waals surface area contributed by atoms with Crippen molar-refractivity contribution in [2.45, 2.75) is 0 Å². The van der Waals surface area contributed by atoms with Gasteiger partial charge in [0, 0.05) is 6.07 Å². The molecule has 0 aliphatic rings. The van der Waals surface area contributed by atoms with Gasteiger partial charge < -0.3 is 25.8 Å². The van der Waals surface area contributed by atoms with Gasteiger partial charge in [0.25, 0.3) is 0 Å². The molecule has 0 atom stereocenters. The third-order valence-electron chi connectivity index (χ3n) is 1.71. The molecule has 0 aromatic heterocycles. The number of nitrogens with two attached hydrogens (primary N) is 1. The van der Waals surface area contributed by atoms with Crippen LogP contribution in [0.2, 0.25) is 0 Å². The van der Waals surface area contributed by atoms with Crippen molar-refractivity contribution in [3.05, 3.63) is 17.7 Å². The van der Waals surface area contributed by atoms with Crippen molar-refractivity contribution < 1.29 is 29.6 Å². The predicted molar refractivity (Wildman–Crippen MR) is 52.6 cm³/mol. The van der Waals surface area contributed by atoms with E-state index in [-0.39, 0.29) is 17.0 Å². The molecule has 0 aliphatic heterocycles. The molecule has 7 heteroatoms. The molecule has 1 rings (SSSR count). The molecule has 86 valence electrons. The Labute approximate surface area is 89.7 Å². The first kappa shape index (κ1) is 11.6. The van der Waals surface area contributed by atoms with E-state index in [0.29, 0.717) is 0 Å². The molecule has 0 amide bonds. The highest BCUT2D eigenvalue weighted by atomic mass is 16.5. The number of nitrogen functional groups attached to an aromatic ring is 1. The lowest BCUT2D eigenvalue weighted by Gasteiger charge is -2.08. The molecule has 0 bridgehead atoms. The molecule has 0 heterocycles. The average molecular weight is 227 g/mol. The molecule has 7 nitrogen and oxygen atoms in total. The lowest BCUT2D eigenvalue weighted by molar-refractivity contribution is -0.139. The molecule has 1 aromatic carbocycles. The number of anilines is 1. The molecule has 1 aromatic rings. The number of ether oxygens (including phenoxy) is 1. The fraction of sp³-hybridized carbons (Fsp3) is 0.111. The van der Waals surface area contributed by atoms with E-state index in [1.165, 1.54) is 0 Å². The highest BCUT2D eigenvalue weighted by molar-refractivity contribution is 5.92. The quantitative estimate of drug-likeness (QED) is 0.425. The molecular weight excluding hydrogens is 218 g/mol. The van der Waals surface area contributed by atoms with E-state index in [9.17, 15) is 14.7 Å². The monoisotopic (exact) mass is 227 g/mol. The van der Waals surface area contributed by atoms with Crippen molar-refractivity contribution in [3.63, 3.8) is 0 Å². The second kappa shape index (κ2) is 4.39. The third-order valence-corrected chi connectivity index (χ3v) is 1.71. The maximum Gasteiger partial charge on any atom is 0.341 e. The van der Waals surface area contributed by atoms with Gasteiger partial charge in [-0.2, -0.15) is 0 Å². The molecule has 0 saturated carbocycles. The van der Waals surface area contributed by atoms with E-state index in [0.717, 1.165) is 12.1 Å². The lowest BCUT2D eigenvalue weighted by Crippen LogP contribution is -2.11. The summed E-state index contributed by atoms with van der Waals surface area (Å²) in [6.07, 6.45) is 0. The minimum absolute atomic E-state index is 0.0588. The number of carboxylic acid groups (broad SMARTS) is 2. The van der Waals surface area contributed by atoms with Crippen LogP contribution in [-0.4, -0.2) is 33.9 Å². The Morgan fingerprint density at radius 2 is 1.94 bits per heavy atom. The van der Waals surface area contributed by atoms with Gasteiger partial charge in [-0.3, -0.25) is 0 Å². The van der Waals surface area contributed by atoms with Crippen LogP contribution < -0.4 is 10.5 Å². The lowest BCUT2D eigenvalue weighted by atomic mass is 10.1. The van der Waals surface area contributed by atoms with Crippen LogP contribution >= 0.6 is 0 Å².